The number of hydrogen-bond donors (Lipinski definition) is 2. The van der Waals surface area contributed by atoms with E-state index in [1.165, 1.54) is 11.5 Å². The van der Waals surface area contributed by atoms with Gasteiger partial charge in [-0.25, -0.2) is 0 Å². The molecule has 0 spiro atoms. The third-order valence-electron chi connectivity index (χ3n) is 2.33. The van der Waals surface area contributed by atoms with Gasteiger partial charge in [0.25, 0.3) is 0 Å². The topological polar surface area (TPSA) is 55.5 Å². The third-order valence-corrected chi connectivity index (χ3v) is 3.49. The van der Waals surface area contributed by atoms with Gasteiger partial charge in [0.1, 0.15) is 0 Å². The molecule has 0 aliphatic carbocycles. The van der Waals surface area contributed by atoms with Gasteiger partial charge in [-0.1, -0.05) is 0 Å². The predicted molar refractivity (Wildman–Crippen MR) is 67.3 cm³/mol. The van der Waals surface area contributed by atoms with Crippen molar-refractivity contribution >= 4 is 11.8 Å². The van der Waals surface area contributed by atoms with Gasteiger partial charge in [0.2, 0.25) is 0 Å². The smallest absolute Gasteiger partial charge is 0.0741 e. The lowest BCUT2D eigenvalue weighted by molar-refractivity contribution is 0.0577. The summed E-state index contributed by atoms with van der Waals surface area (Å²) in [6.45, 7) is 3.02. The van der Waals surface area contributed by atoms with Crippen molar-refractivity contribution in [3.05, 3.63) is 0 Å². The first-order valence-electron chi connectivity index (χ1n) is 5.61. The summed E-state index contributed by atoms with van der Waals surface area (Å²) in [7, 11) is 1.74. The third kappa shape index (κ3) is 10.5. The number of nitrogens with two attached hydrogens (primary N) is 1. The number of thioether (sulfide) groups is 1. The van der Waals surface area contributed by atoms with Crippen molar-refractivity contribution in [3.8, 4) is 0 Å². The highest BCUT2D eigenvalue weighted by Gasteiger charge is 2.16. The minimum Gasteiger partial charge on any atom is -0.389 e. The van der Waals surface area contributed by atoms with E-state index in [1.807, 2.05) is 11.8 Å². The van der Waals surface area contributed by atoms with Crippen LogP contribution in [-0.2, 0) is 4.74 Å². The highest BCUT2D eigenvalue weighted by Crippen LogP contribution is 2.14. The molecule has 0 aromatic heterocycles. The minimum atomic E-state index is -0.666. The van der Waals surface area contributed by atoms with Crippen molar-refractivity contribution < 1.29 is 9.84 Å². The lowest BCUT2D eigenvalue weighted by Gasteiger charge is -2.20. The fourth-order valence-electron chi connectivity index (χ4n) is 1.22. The van der Waals surface area contributed by atoms with E-state index in [0.717, 1.165) is 32.3 Å². The summed E-state index contributed by atoms with van der Waals surface area (Å²) in [6, 6.07) is 0. The van der Waals surface area contributed by atoms with E-state index < -0.39 is 5.60 Å². The summed E-state index contributed by atoms with van der Waals surface area (Å²) < 4.78 is 4.97. The molecule has 0 saturated carbocycles. The number of ether oxygens (including phenoxy) is 1. The summed E-state index contributed by atoms with van der Waals surface area (Å²) in [6.07, 6.45) is 4.15. The standard InChI is InChI=1S/C11H25NO2S/c1-11(13,10-12)6-3-4-8-15-9-5-7-14-2/h13H,3-10,12H2,1-2H3. The van der Waals surface area contributed by atoms with Gasteiger partial charge < -0.3 is 15.6 Å². The maximum Gasteiger partial charge on any atom is 0.0741 e. The second kappa shape index (κ2) is 9.46. The van der Waals surface area contributed by atoms with E-state index in [9.17, 15) is 5.11 Å². The van der Waals surface area contributed by atoms with E-state index in [0.29, 0.717) is 6.54 Å². The lowest BCUT2D eigenvalue weighted by Crippen LogP contribution is -2.33. The predicted octanol–water partition coefficient (Wildman–Crippen LogP) is 1.64. The van der Waals surface area contributed by atoms with Crippen LogP contribution in [0.15, 0.2) is 0 Å². The second-order valence-electron chi connectivity index (χ2n) is 4.12. The molecular weight excluding hydrogens is 210 g/mol. The van der Waals surface area contributed by atoms with Crippen LogP contribution in [0.25, 0.3) is 0 Å². The van der Waals surface area contributed by atoms with Gasteiger partial charge >= 0.3 is 0 Å². The van der Waals surface area contributed by atoms with Crippen LogP contribution in [0.4, 0.5) is 0 Å². The summed E-state index contributed by atoms with van der Waals surface area (Å²) >= 11 is 1.96. The molecule has 92 valence electrons. The second-order valence-corrected chi connectivity index (χ2v) is 5.34. The van der Waals surface area contributed by atoms with Crippen molar-refractivity contribution in [2.75, 3.05) is 31.8 Å². The first-order chi connectivity index (χ1) is 7.12. The van der Waals surface area contributed by atoms with E-state index in [4.69, 9.17) is 10.5 Å². The molecule has 0 rings (SSSR count). The van der Waals surface area contributed by atoms with Crippen LogP contribution >= 0.6 is 11.8 Å². The van der Waals surface area contributed by atoms with Crippen molar-refractivity contribution in [2.24, 2.45) is 5.73 Å². The Kier molecular flexibility index (Phi) is 9.60. The van der Waals surface area contributed by atoms with Crippen LogP contribution < -0.4 is 5.73 Å². The van der Waals surface area contributed by atoms with Crippen LogP contribution in [-0.4, -0.2) is 42.5 Å². The van der Waals surface area contributed by atoms with Crippen LogP contribution in [0.1, 0.15) is 32.6 Å². The Morgan fingerprint density at radius 3 is 2.53 bits per heavy atom. The van der Waals surface area contributed by atoms with Gasteiger partial charge in [0.05, 0.1) is 5.60 Å². The normalized spacial score (nSPS) is 15.2. The van der Waals surface area contributed by atoms with E-state index in [1.54, 1.807) is 14.0 Å². The molecule has 4 heteroatoms. The SMILES string of the molecule is COCCCSCCCCC(C)(O)CN. The van der Waals surface area contributed by atoms with Crippen molar-refractivity contribution in [3.63, 3.8) is 0 Å². The molecule has 0 heterocycles. The summed E-state index contributed by atoms with van der Waals surface area (Å²) in [5.41, 5.74) is 4.77. The maximum atomic E-state index is 9.65. The quantitative estimate of drug-likeness (QED) is 0.565. The Hall–Kier alpha value is 0.230. The van der Waals surface area contributed by atoms with Crippen LogP contribution in [0.2, 0.25) is 0 Å². The molecular formula is C11H25NO2S. The van der Waals surface area contributed by atoms with Crippen LogP contribution in [0.3, 0.4) is 0 Å². The zero-order valence-corrected chi connectivity index (χ0v) is 10.8. The highest BCUT2D eigenvalue weighted by molar-refractivity contribution is 7.99. The molecule has 0 aromatic rings. The first-order valence-corrected chi connectivity index (χ1v) is 6.77. The maximum absolute atomic E-state index is 9.65. The molecule has 0 aliphatic heterocycles. The van der Waals surface area contributed by atoms with Gasteiger partial charge in [-0.3, -0.25) is 0 Å². The van der Waals surface area contributed by atoms with Gasteiger partial charge in [-0.2, -0.15) is 11.8 Å². The zero-order valence-electron chi connectivity index (χ0n) is 10.00. The lowest BCUT2D eigenvalue weighted by atomic mass is 10.00. The Labute approximate surface area is 97.8 Å². The largest absolute Gasteiger partial charge is 0.389 e. The number of methoxy groups -OCH3 is 1. The molecule has 0 aromatic carbocycles. The van der Waals surface area contributed by atoms with Crippen molar-refractivity contribution in [1.29, 1.82) is 0 Å². The number of hydrogen-bond acceptors (Lipinski definition) is 4. The highest BCUT2D eigenvalue weighted by atomic mass is 32.2. The average Bonchev–Trinajstić information content (AvgIpc) is 2.22. The summed E-state index contributed by atoms with van der Waals surface area (Å²) in [4.78, 5) is 0. The molecule has 0 bridgehead atoms. The molecule has 3 N–H and O–H groups in total. The van der Waals surface area contributed by atoms with E-state index in [-0.39, 0.29) is 0 Å². The van der Waals surface area contributed by atoms with Crippen molar-refractivity contribution in [2.45, 2.75) is 38.2 Å². The monoisotopic (exact) mass is 235 g/mol. The average molecular weight is 235 g/mol. The molecule has 0 aliphatic rings. The Morgan fingerprint density at radius 2 is 1.93 bits per heavy atom. The Morgan fingerprint density at radius 1 is 1.27 bits per heavy atom. The minimum absolute atomic E-state index is 0.355. The van der Waals surface area contributed by atoms with Gasteiger partial charge in [0, 0.05) is 20.3 Å². The summed E-state index contributed by atoms with van der Waals surface area (Å²) in [5, 5.41) is 9.65. The zero-order chi connectivity index (χ0) is 11.6. The van der Waals surface area contributed by atoms with Gasteiger partial charge in [-0.05, 0) is 44.1 Å². The van der Waals surface area contributed by atoms with Crippen LogP contribution in [0, 0.1) is 0 Å². The first kappa shape index (κ1) is 15.2. The van der Waals surface area contributed by atoms with E-state index in [2.05, 4.69) is 0 Å². The molecule has 0 amide bonds. The van der Waals surface area contributed by atoms with Crippen LogP contribution in [0.5, 0.6) is 0 Å². The molecule has 0 saturated heterocycles. The Balaban J connectivity index is 3.11. The molecule has 3 nitrogen and oxygen atoms in total. The molecule has 0 fully saturated rings. The molecule has 1 unspecified atom stereocenters. The molecule has 15 heavy (non-hydrogen) atoms. The van der Waals surface area contributed by atoms with Gasteiger partial charge in [0.15, 0.2) is 0 Å². The number of unbranched alkanes of at least 4 members (excludes halogenated alkanes) is 1. The van der Waals surface area contributed by atoms with Crippen molar-refractivity contribution in [1.82, 2.24) is 0 Å². The van der Waals surface area contributed by atoms with Gasteiger partial charge in [-0.15, -0.1) is 0 Å². The molecule has 1 atom stereocenters. The fourth-order valence-corrected chi connectivity index (χ4v) is 2.15. The Bertz CT molecular complexity index is 143. The fraction of sp³-hybridized carbons (Fsp3) is 1.00. The van der Waals surface area contributed by atoms with E-state index >= 15 is 0 Å². The summed E-state index contributed by atoms with van der Waals surface area (Å²) in [5.74, 6) is 2.34. The molecule has 0 radical (unpaired) electrons. The number of aliphatic hydroxyl groups is 1. The number of rotatable bonds is 10.